The first-order valence-corrected chi connectivity index (χ1v) is 12.1. The van der Waals surface area contributed by atoms with E-state index in [2.05, 4.69) is 84.8 Å². The predicted octanol–water partition coefficient (Wildman–Crippen LogP) is 2.65. The molecule has 0 aliphatic carbocycles. The Hall–Kier alpha value is -2.18. The van der Waals surface area contributed by atoms with Crippen LogP contribution < -0.4 is 9.13 Å². The van der Waals surface area contributed by atoms with Gasteiger partial charge in [-0.1, -0.05) is 0 Å². The van der Waals surface area contributed by atoms with E-state index in [1.807, 2.05) is 0 Å². The molecule has 2 aromatic rings. The number of aromatic nitrogens is 4. The minimum Gasteiger partial charge on any atom is -0.758 e. The molecule has 2 atom stereocenters. The fraction of sp³-hybridized carbons (Fsp3) is 0.625. The van der Waals surface area contributed by atoms with Crippen molar-refractivity contribution in [3.8, 4) is 0 Å². The standard InChI is InChI=1S/2C7H13N2.2CH2F3NO2S/c2*1-4-9-6-5-8(3)7(9)2;2*2-1(3,4)8(5,6)7/h2*5-6H,4H2,1-3H3;2*(H2,5,6,7)/q2*+1;;/p-2. The zero-order valence-electron chi connectivity index (χ0n) is 19.2. The van der Waals surface area contributed by atoms with Crippen LogP contribution in [0.3, 0.4) is 0 Å². The summed E-state index contributed by atoms with van der Waals surface area (Å²) in [6.07, 6.45) is 8.32. The Balaban J connectivity index is 0. The van der Waals surface area contributed by atoms with E-state index in [0.29, 0.717) is 0 Å². The molecule has 0 radical (unpaired) electrons. The lowest BCUT2D eigenvalue weighted by Gasteiger charge is -2.12. The molecule has 18 heteroatoms. The van der Waals surface area contributed by atoms with Crippen molar-refractivity contribution in [1.29, 1.82) is 9.56 Å². The molecule has 2 unspecified atom stereocenters. The molecule has 0 aromatic carbocycles. The molecule has 2 N–H and O–H groups in total. The summed E-state index contributed by atoms with van der Waals surface area (Å²) in [7, 11) is -7.07. The van der Waals surface area contributed by atoms with Crippen molar-refractivity contribution in [1.82, 2.24) is 9.13 Å². The third-order valence-electron chi connectivity index (χ3n) is 4.08. The Morgan fingerprint density at radius 3 is 1.06 bits per heavy atom. The Labute approximate surface area is 194 Å². The lowest BCUT2D eigenvalue weighted by molar-refractivity contribution is -0.677. The van der Waals surface area contributed by atoms with Gasteiger partial charge in [-0.25, -0.2) is 18.3 Å². The molecule has 0 amide bonds. The summed E-state index contributed by atoms with van der Waals surface area (Å²) in [4.78, 5) is 0. The molecule has 34 heavy (non-hydrogen) atoms. The van der Waals surface area contributed by atoms with E-state index in [0.717, 1.165) is 13.1 Å². The average Bonchev–Trinajstić information content (AvgIpc) is 3.15. The third kappa shape index (κ3) is 11.8. The molecule has 10 nitrogen and oxygen atoms in total. The minimum absolute atomic E-state index is 1.06. The summed E-state index contributed by atoms with van der Waals surface area (Å²) >= 11 is 0. The van der Waals surface area contributed by atoms with Crippen LogP contribution >= 0.6 is 0 Å². The molecule has 0 bridgehead atoms. The first-order chi connectivity index (χ1) is 15.0. The van der Waals surface area contributed by atoms with Crippen molar-refractivity contribution in [3.63, 3.8) is 0 Å². The number of hydrogen-bond donors (Lipinski definition) is 2. The normalized spacial score (nSPS) is 14.8. The number of nitrogens with one attached hydrogen (secondary N) is 2. The first-order valence-electron chi connectivity index (χ1n) is 9.15. The van der Waals surface area contributed by atoms with E-state index in [1.54, 1.807) is 0 Å². The average molecular weight is 547 g/mol. The molecular weight excluding hydrogens is 518 g/mol. The second-order valence-electron chi connectivity index (χ2n) is 6.38. The van der Waals surface area contributed by atoms with Crippen LogP contribution in [0.4, 0.5) is 26.3 Å². The van der Waals surface area contributed by atoms with Gasteiger partial charge in [-0.3, -0.25) is 18.0 Å². The predicted molar refractivity (Wildman–Crippen MR) is 107 cm³/mol. The fourth-order valence-electron chi connectivity index (χ4n) is 1.87. The van der Waals surface area contributed by atoms with Crippen LogP contribution in [0.25, 0.3) is 0 Å². The molecular formula is C16H28F6N6O4S2. The van der Waals surface area contributed by atoms with E-state index in [9.17, 15) is 43.9 Å². The monoisotopic (exact) mass is 546 g/mol. The Bertz CT molecular complexity index is 1020. The van der Waals surface area contributed by atoms with Crippen LogP contribution in [-0.4, -0.2) is 37.7 Å². The van der Waals surface area contributed by atoms with E-state index in [4.69, 9.17) is 9.56 Å². The maximum Gasteiger partial charge on any atom is 0.466 e. The van der Waals surface area contributed by atoms with Crippen LogP contribution in [0.1, 0.15) is 25.5 Å². The SMILES string of the molecule is CCn1cc[n+](C)c1C.CCn1cc[n+](C)c1C.N=S(=O)([O-])C(F)(F)F.N=S(=O)([O-])C(F)(F)F. The van der Waals surface area contributed by atoms with Gasteiger partial charge < -0.3 is 9.11 Å². The molecule has 2 heterocycles. The van der Waals surface area contributed by atoms with Crippen LogP contribution in [0.5, 0.6) is 0 Å². The molecule has 0 saturated carbocycles. The number of nitrogens with zero attached hydrogens (tertiary/aromatic N) is 4. The lowest BCUT2D eigenvalue weighted by Crippen LogP contribution is -2.29. The topological polar surface area (TPSA) is 146 Å². The maximum absolute atomic E-state index is 10.8. The summed E-state index contributed by atoms with van der Waals surface area (Å²) < 4.78 is 121. The highest BCUT2D eigenvalue weighted by Crippen LogP contribution is 2.21. The summed E-state index contributed by atoms with van der Waals surface area (Å²) in [5.41, 5.74) is -10.8. The number of alkyl halides is 6. The minimum atomic E-state index is -5.59. The Kier molecular flexibility index (Phi) is 13.0. The van der Waals surface area contributed by atoms with Crippen molar-refractivity contribution >= 4 is 20.0 Å². The lowest BCUT2D eigenvalue weighted by atomic mass is 10.6. The van der Waals surface area contributed by atoms with Gasteiger partial charge in [0.15, 0.2) is 0 Å². The summed E-state index contributed by atoms with van der Waals surface area (Å²) in [5, 5.41) is 0. The van der Waals surface area contributed by atoms with Crippen molar-refractivity contribution in [2.24, 2.45) is 14.1 Å². The molecule has 0 spiro atoms. The molecule has 0 fully saturated rings. The van der Waals surface area contributed by atoms with Crippen molar-refractivity contribution in [2.45, 2.75) is 51.8 Å². The molecule has 2 rings (SSSR count). The zero-order valence-corrected chi connectivity index (χ0v) is 20.9. The molecule has 200 valence electrons. The zero-order chi connectivity index (χ0) is 27.7. The number of imidazole rings is 2. The van der Waals surface area contributed by atoms with Gasteiger partial charge in [-0.15, -0.1) is 0 Å². The van der Waals surface area contributed by atoms with Gasteiger partial charge in [0.2, 0.25) is 0 Å². The van der Waals surface area contributed by atoms with Crippen LogP contribution in [-0.2, 0) is 47.2 Å². The van der Waals surface area contributed by atoms with Crippen molar-refractivity contribution in [3.05, 3.63) is 36.4 Å². The van der Waals surface area contributed by atoms with Gasteiger partial charge >= 0.3 is 11.0 Å². The van der Waals surface area contributed by atoms with Crippen LogP contribution in [0.15, 0.2) is 24.8 Å². The Morgan fingerprint density at radius 1 is 0.794 bits per heavy atom. The van der Waals surface area contributed by atoms with Crippen LogP contribution in [0.2, 0.25) is 0 Å². The van der Waals surface area contributed by atoms with Gasteiger partial charge in [0, 0.05) is 13.8 Å². The smallest absolute Gasteiger partial charge is 0.466 e. The van der Waals surface area contributed by atoms with Gasteiger partial charge in [-0.2, -0.15) is 26.3 Å². The van der Waals surface area contributed by atoms with Gasteiger partial charge in [0.25, 0.3) is 11.6 Å². The number of rotatable bonds is 2. The number of hydrogen-bond acceptors (Lipinski definition) is 6. The highest BCUT2D eigenvalue weighted by Gasteiger charge is 2.34. The third-order valence-corrected chi connectivity index (χ3v) is 5.30. The second-order valence-corrected chi connectivity index (χ2v) is 9.32. The van der Waals surface area contributed by atoms with E-state index in [1.165, 1.54) is 11.6 Å². The fourth-order valence-corrected chi connectivity index (χ4v) is 1.87. The number of aryl methyl sites for hydroxylation is 4. The Morgan fingerprint density at radius 2 is 1.00 bits per heavy atom. The quantitative estimate of drug-likeness (QED) is 0.441. The second kappa shape index (κ2) is 13.1. The number of halogens is 6. The van der Waals surface area contributed by atoms with E-state index in [-0.39, 0.29) is 0 Å². The molecule has 0 aliphatic heterocycles. The molecule has 2 aromatic heterocycles. The van der Waals surface area contributed by atoms with Gasteiger partial charge in [0.1, 0.15) is 24.8 Å². The van der Waals surface area contributed by atoms with E-state index >= 15 is 0 Å². The summed E-state index contributed by atoms with van der Waals surface area (Å²) in [6, 6.07) is 0. The van der Waals surface area contributed by atoms with Gasteiger partial charge in [0.05, 0.1) is 47.2 Å². The van der Waals surface area contributed by atoms with Crippen molar-refractivity contribution in [2.75, 3.05) is 0 Å². The molecule has 0 aliphatic rings. The first kappa shape index (κ1) is 34.0. The molecule has 0 saturated heterocycles. The summed E-state index contributed by atoms with van der Waals surface area (Å²) in [5.74, 6) is 2.61. The highest BCUT2D eigenvalue weighted by molar-refractivity contribution is 7.87. The van der Waals surface area contributed by atoms with Crippen LogP contribution in [0, 0.1) is 23.4 Å². The van der Waals surface area contributed by atoms with Crippen molar-refractivity contribution < 1.29 is 53.0 Å². The van der Waals surface area contributed by atoms with Gasteiger partial charge in [-0.05, 0) is 13.8 Å². The largest absolute Gasteiger partial charge is 0.758 e. The summed E-state index contributed by atoms with van der Waals surface area (Å²) in [6.45, 7) is 10.6. The van der Waals surface area contributed by atoms with E-state index < -0.39 is 31.0 Å². The highest BCUT2D eigenvalue weighted by atomic mass is 32.2. The maximum atomic E-state index is 10.8.